The smallest absolute Gasteiger partial charge is 0.331 e. The van der Waals surface area contributed by atoms with E-state index in [4.69, 9.17) is 0 Å². The average molecular weight is 420 g/mol. The highest BCUT2D eigenvalue weighted by Gasteiger charge is 2.40. The molecule has 2 fully saturated rings. The Morgan fingerprint density at radius 3 is 2.52 bits per heavy atom. The number of rotatable bonds is 5. The summed E-state index contributed by atoms with van der Waals surface area (Å²) in [7, 11) is 0. The van der Waals surface area contributed by atoms with Crippen LogP contribution < -0.4 is 15.1 Å². The van der Waals surface area contributed by atoms with Gasteiger partial charge in [-0.15, -0.1) is 0 Å². The Morgan fingerprint density at radius 2 is 1.81 bits per heavy atom. The predicted molar refractivity (Wildman–Crippen MR) is 118 cm³/mol. The molecule has 2 saturated heterocycles. The summed E-state index contributed by atoms with van der Waals surface area (Å²) in [6.07, 6.45) is 3.24. The van der Waals surface area contributed by atoms with E-state index in [1.54, 1.807) is 18.2 Å². The molecule has 2 aromatic rings. The van der Waals surface area contributed by atoms with Crippen LogP contribution in [-0.4, -0.2) is 43.2 Å². The number of anilines is 1. The van der Waals surface area contributed by atoms with E-state index in [0.29, 0.717) is 5.69 Å². The molecular formula is C24H27N4O3+. The lowest BCUT2D eigenvalue weighted by molar-refractivity contribution is -0.918. The highest BCUT2D eigenvalue weighted by atomic mass is 16.2. The van der Waals surface area contributed by atoms with Crippen molar-refractivity contribution in [2.45, 2.75) is 32.4 Å². The Labute approximate surface area is 181 Å². The number of carbonyl (C=O) groups excluding carboxylic acids is 3. The Balaban J connectivity index is 1.38. The summed E-state index contributed by atoms with van der Waals surface area (Å²) in [5.41, 5.74) is 2.70. The number of benzene rings is 2. The third-order valence-corrected chi connectivity index (χ3v) is 5.87. The zero-order chi connectivity index (χ0) is 21.8. The molecule has 4 amide bonds. The molecule has 0 saturated carbocycles. The molecule has 2 N–H and O–H groups in total. The van der Waals surface area contributed by atoms with Gasteiger partial charge in [0.2, 0.25) is 5.91 Å². The van der Waals surface area contributed by atoms with E-state index in [2.05, 4.69) is 34.6 Å². The number of urea groups is 1. The molecule has 0 bridgehead atoms. The molecule has 2 aliphatic rings. The van der Waals surface area contributed by atoms with Gasteiger partial charge in [-0.3, -0.25) is 19.9 Å². The first-order valence-corrected chi connectivity index (χ1v) is 10.7. The molecule has 31 heavy (non-hydrogen) atoms. The third kappa shape index (κ3) is 4.88. The maximum Gasteiger partial charge on any atom is 0.335 e. The van der Waals surface area contributed by atoms with Crippen LogP contribution in [0.3, 0.4) is 0 Å². The van der Waals surface area contributed by atoms with Crippen LogP contribution in [0.4, 0.5) is 10.5 Å². The van der Waals surface area contributed by atoms with Gasteiger partial charge in [0, 0.05) is 24.6 Å². The van der Waals surface area contributed by atoms with E-state index in [0.717, 1.165) is 42.9 Å². The Kier molecular flexibility index (Phi) is 6.23. The lowest BCUT2D eigenvalue weighted by atomic mass is 10.0. The minimum absolute atomic E-state index is 0.0881. The normalized spacial score (nSPS) is 24.5. The van der Waals surface area contributed by atoms with Gasteiger partial charge in [-0.2, -0.15) is 0 Å². The van der Waals surface area contributed by atoms with Crippen molar-refractivity contribution < 1.29 is 19.3 Å². The first kappa shape index (κ1) is 20.9. The topological polar surface area (TPSA) is 83.3 Å². The van der Waals surface area contributed by atoms with Crippen LogP contribution in [0.5, 0.6) is 0 Å². The monoisotopic (exact) mass is 419 g/mol. The predicted octanol–water partition coefficient (Wildman–Crippen LogP) is 1.51. The van der Waals surface area contributed by atoms with Gasteiger partial charge >= 0.3 is 6.03 Å². The zero-order valence-corrected chi connectivity index (χ0v) is 17.6. The molecule has 1 atom stereocenters. The SMILES string of the molecule is Cc1cccc(N2C(=O)NC(=O)[C@@H](C=NC3CC[NH+](Cc4ccccc4)CC3)C2=O)c1. The third-order valence-electron chi connectivity index (χ3n) is 5.87. The van der Waals surface area contributed by atoms with Gasteiger partial charge < -0.3 is 4.90 Å². The molecule has 0 aromatic heterocycles. The molecule has 7 nitrogen and oxygen atoms in total. The number of carbonyl (C=O) groups is 3. The van der Waals surface area contributed by atoms with Crippen molar-refractivity contribution >= 4 is 29.7 Å². The van der Waals surface area contributed by atoms with Gasteiger partial charge in [-0.25, -0.2) is 9.69 Å². The van der Waals surface area contributed by atoms with Gasteiger partial charge in [0.1, 0.15) is 6.54 Å². The van der Waals surface area contributed by atoms with Crippen molar-refractivity contribution in [1.82, 2.24) is 5.32 Å². The van der Waals surface area contributed by atoms with Crippen LogP contribution in [0.1, 0.15) is 24.0 Å². The Bertz CT molecular complexity index is 997. The summed E-state index contributed by atoms with van der Waals surface area (Å²) in [5.74, 6) is -2.27. The van der Waals surface area contributed by atoms with Crippen molar-refractivity contribution in [2.24, 2.45) is 10.9 Å². The van der Waals surface area contributed by atoms with Gasteiger partial charge in [0.05, 0.1) is 24.8 Å². The molecule has 2 heterocycles. The first-order chi connectivity index (χ1) is 15.0. The number of amides is 4. The summed E-state index contributed by atoms with van der Waals surface area (Å²) in [5, 5.41) is 2.28. The highest BCUT2D eigenvalue weighted by molar-refractivity contribution is 6.32. The number of piperidine rings is 1. The molecule has 0 spiro atoms. The van der Waals surface area contributed by atoms with Gasteiger partial charge in [-0.05, 0) is 24.6 Å². The van der Waals surface area contributed by atoms with Crippen molar-refractivity contribution in [1.29, 1.82) is 0 Å². The fourth-order valence-electron chi connectivity index (χ4n) is 4.16. The van der Waals surface area contributed by atoms with E-state index in [1.807, 2.05) is 19.1 Å². The second-order valence-electron chi connectivity index (χ2n) is 8.23. The number of imide groups is 2. The highest BCUT2D eigenvalue weighted by Crippen LogP contribution is 2.21. The molecule has 160 valence electrons. The van der Waals surface area contributed by atoms with E-state index in [-0.39, 0.29) is 6.04 Å². The van der Waals surface area contributed by atoms with Crippen LogP contribution in [0.25, 0.3) is 0 Å². The second-order valence-corrected chi connectivity index (χ2v) is 8.23. The zero-order valence-electron chi connectivity index (χ0n) is 17.6. The average Bonchev–Trinajstić information content (AvgIpc) is 2.75. The number of barbiturate groups is 1. The number of quaternary nitrogens is 1. The number of nitrogens with one attached hydrogen (secondary N) is 2. The maximum atomic E-state index is 12.9. The molecule has 2 aromatic carbocycles. The Morgan fingerprint density at radius 1 is 1.06 bits per heavy atom. The van der Waals surface area contributed by atoms with Crippen LogP contribution >= 0.6 is 0 Å². The number of aliphatic imine (C=N–C) groups is 1. The van der Waals surface area contributed by atoms with E-state index < -0.39 is 23.8 Å². The standard InChI is InChI=1S/C24H26N4O3/c1-17-6-5-9-20(14-17)28-23(30)21(22(29)26-24(28)31)15-25-19-10-12-27(13-11-19)16-18-7-3-2-4-8-18/h2-9,14-15,19,21H,10-13,16H2,1H3,(H,26,29,31)/p+1/t21-/m1/s1. The minimum Gasteiger partial charge on any atom is -0.331 e. The van der Waals surface area contributed by atoms with E-state index in [1.165, 1.54) is 16.7 Å². The summed E-state index contributed by atoms with van der Waals surface area (Å²) < 4.78 is 0. The van der Waals surface area contributed by atoms with Crippen molar-refractivity contribution in [3.8, 4) is 0 Å². The number of hydrogen-bond donors (Lipinski definition) is 2. The van der Waals surface area contributed by atoms with E-state index in [9.17, 15) is 14.4 Å². The van der Waals surface area contributed by atoms with Crippen molar-refractivity contribution in [3.63, 3.8) is 0 Å². The molecule has 0 radical (unpaired) electrons. The largest absolute Gasteiger partial charge is 0.335 e. The van der Waals surface area contributed by atoms with Gasteiger partial charge in [-0.1, -0.05) is 42.5 Å². The molecular weight excluding hydrogens is 392 g/mol. The summed E-state index contributed by atoms with van der Waals surface area (Å²) in [6.45, 7) is 4.87. The molecule has 2 aliphatic heterocycles. The van der Waals surface area contributed by atoms with Crippen LogP contribution in [0.2, 0.25) is 0 Å². The van der Waals surface area contributed by atoms with Crippen molar-refractivity contribution in [3.05, 3.63) is 65.7 Å². The lowest BCUT2D eigenvalue weighted by Crippen LogP contribution is -3.12. The van der Waals surface area contributed by atoms with Gasteiger partial charge in [0.25, 0.3) is 5.91 Å². The van der Waals surface area contributed by atoms with Crippen molar-refractivity contribution in [2.75, 3.05) is 18.0 Å². The lowest BCUT2D eigenvalue weighted by Gasteiger charge is -2.30. The second kappa shape index (κ2) is 9.22. The summed E-state index contributed by atoms with van der Waals surface area (Å²) in [6, 6.07) is 16.9. The molecule has 7 heteroatoms. The quantitative estimate of drug-likeness (QED) is 0.569. The van der Waals surface area contributed by atoms with Crippen LogP contribution in [-0.2, 0) is 16.1 Å². The van der Waals surface area contributed by atoms with Crippen LogP contribution in [0, 0.1) is 12.8 Å². The minimum atomic E-state index is -1.09. The molecule has 4 rings (SSSR count). The number of aryl methyl sites for hydroxylation is 1. The maximum absolute atomic E-state index is 12.9. The number of hydrogen-bond acceptors (Lipinski definition) is 4. The molecule has 0 aliphatic carbocycles. The Hall–Kier alpha value is -3.32. The fraction of sp³-hybridized carbons (Fsp3) is 0.333. The summed E-state index contributed by atoms with van der Waals surface area (Å²) >= 11 is 0. The number of likely N-dealkylation sites (tertiary alicyclic amines) is 1. The first-order valence-electron chi connectivity index (χ1n) is 10.7. The summed E-state index contributed by atoms with van der Waals surface area (Å²) in [4.78, 5) is 44.6. The molecule has 0 unspecified atom stereocenters. The number of nitrogens with zero attached hydrogens (tertiary/aromatic N) is 2. The van der Waals surface area contributed by atoms with Gasteiger partial charge in [0.15, 0.2) is 5.92 Å². The fourth-order valence-corrected chi connectivity index (χ4v) is 4.16. The van der Waals surface area contributed by atoms with Crippen LogP contribution in [0.15, 0.2) is 59.6 Å². The van der Waals surface area contributed by atoms with E-state index >= 15 is 0 Å².